The molecule has 136 valence electrons. The molecule has 2 aromatic carbocycles. The van der Waals surface area contributed by atoms with E-state index in [-0.39, 0.29) is 23.1 Å². The highest BCUT2D eigenvalue weighted by molar-refractivity contribution is 7.15. The number of aromatic carboxylic acids is 1. The van der Waals surface area contributed by atoms with Crippen LogP contribution in [0.15, 0.2) is 48.5 Å². The second kappa shape index (κ2) is 6.63. The van der Waals surface area contributed by atoms with E-state index in [9.17, 15) is 19.1 Å². The van der Waals surface area contributed by atoms with E-state index in [1.165, 1.54) is 18.2 Å². The van der Waals surface area contributed by atoms with Crippen LogP contribution in [-0.2, 0) is 4.79 Å². The van der Waals surface area contributed by atoms with Gasteiger partial charge in [0.1, 0.15) is 10.7 Å². The number of thiophene rings is 1. The van der Waals surface area contributed by atoms with Gasteiger partial charge in [0.25, 0.3) is 0 Å². The molecule has 4 rings (SSSR count). The Kier molecular flexibility index (Phi) is 4.28. The van der Waals surface area contributed by atoms with Crippen LogP contribution in [0.1, 0.15) is 38.0 Å². The number of aryl methyl sites for hydroxylation is 1. The van der Waals surface area contributed by atoms with Gasteiger partial charge in [0.05, 0.1) is 5.69 Å². The molecule has 2 heterocycles. The molecule has 0 saturated carbocycles. The molecule has 6 heteroatoms. The highest BCUT2D eigenvalue weighted by atomic mass is 32.1. The fourth-order valence-corrected chi connectivity index (χ4v) is 4.67. The molecule has 0 saturated heterocycles. The lowest BCUT2D eigenvalue weighted by molar-refractivity contribution is -0.116. The first kappa shape index (κ1) is 17.4. The molecule has 27 heavy (non-hydrogen) atoms. The van der Waals surface area contributed by atoms with Gasteiger partial charge < -0.3 is 10.4 Å². The van der Waals surface area contributed by atoms with Crippen molar-refractivity contribution in [3.63, 3.8) is 0 Å². The smallest absolute Gasteiger partial charge is 0.346 e. The zero-order valence-electron chi connectivity index (χ0n) is 14.5. The summed E-state index contributed by atoms with van der Waals surface area (Å²) in [5.41, 5.74) is 3.35. The minimum absolute atomic E-state index is 0.102. The van der Waals surface area contributed by atoms with E-state index in [2.05, 4.69) is 5.32 Å². The van der Waals surface area contributed by atoms with Gasteiger partial charge in [-0.25, -0.2) is 9.18 Å². The predicted molar refractivity (Wildman–Crippen MR) is 103 cm³/mol. The minimum atomic E-state index is -1.09. The third-order valence-electron chi connectivity index (χ3n) is 4.69. The van der Waals surface area contributed by atoms with Crippen LogP contribution in [0.3, 0.4) is 0 Å². The van der Waals surface area contributed by atoms with Gasteiger partial charge in [0.15, 0.2) is 0 Å². The zero-order valence-corrected chi connectivity index (χ0v) is 15.3. The Morgan fingerprint density at radius 3 is 2.63 bits per heavy atom. The number of benzene rings is 2. The third-order valence-corrected chi connectivity index (χ3v) is 5.98. The van der Waals surface area contributed by atoms with Crippen molar-refractivity contribution in [2.45, 2.75) is 19.3 Å². The maximum atomic E-state index is 13.7. The molecule has 1 amide bonds. The van der Waals surface area contributed by atoms with Crippen LogP contribution in [0.2, 0.25) is 0 Å². The van der Waals surface area contributed by atoms with Gasteiger partial charge in [-0.3, -0.25) is 4.79 Å². The van der Waals surface area contributed by atoms with Gasteiger partial charge in [-0.1, -0.05) is 42.0 Å². The van der Waals surface area contributed by atoms with E-state index in [1.54, 1.807) is 6.07 Å². The normalized spacial score (nSPS) is 15.9. The van der Waals surface area contributed by atoms with Gasteiger partial charge in [-0.15, -0.1) is 11.3 Å². The molecule has 1 aliphatic heterocycles. The molecule has 1 aliphatic rings. The number of amides is 1. The highest BCUT2D eigenvalue weighted by Gasteiger charge is 2.34. The molecular formula is C21H16FNO3S. The first-order valence-electron chi connectivity index (χ1n) is 8.46. The van der Waals surface area contributed by atoms with Crippen molar-refractivity contribution in [3.05, 3.63) is 75.2 Å². The standard InChI is InChI=1S/C21H16FNO3S/c1-11-5-7-12(8-6-11)15-10-16(24)23-18-17(13-3-2-4-14(22)9-13)20(21(25)26)27-19(15)18/h2-9,15H,10H2,1H3,(H,23,24)(H,25,26). The van der Waals surface area contributed by atoms with E-state index in [0.717, 1.165) is 27.3 Å². The van der Waals surface area contributed by atoms with Crippen LogP contribution in [-0.4, -0.2) is 17.0 Å². The Labute approximate surface area is 159 Å². The summed E-state index contributed by atoms with van der Waals surface area (Å²) in [6, 6.07) is 13.6. The van der Waals surface area contributed by atoms with Crippen molar-refractivity contribution < 1.29 is 19.1 Å². The summed E-state index contributed by atoms with van der Waals surface area (Å²) >= 11 is 1.14. The maximum Gasteiger partial charge on any atom is 0.346 e. The van der Waals surface area contributed by atoms with Crippen LogP contribution in [0.5, 0.6) is 0 Å². The van der Waals surface area contributed by atoms with Crippen LogP contribution in [0.25, 0.3) is 11.1 Å². The third kappa shape index (κ3) is 3.13. The molecule has 1 aromatic heterocycles. The highest BCUT2D eigenvalue weighted by Crippen LogP contribution is 2.49. The summed E-state index contributed by atoms with van der Waals surface area (Å²) in [6.07, 6.45) is 0.248. The van der Waals surface area contributed by atoms with Crippen molar-refractivity contribution in [3.8, 4) is 11.1 Å². The number of hydrogen-bond acceptors (Lipinski definition) is 3. The molecule has 4 nitrogen and oxygen atoms in total. The number of carbonyl (C=O) groups is 2. The molecule has 0 spiro atoms. The summed E-state index contributed by atoms with van der Waals surface area (Å²) in [5, 5.41) is 12.5. The quantitative estimate of drug-likeness (QED) is 0.668. The molecular weight excluding hydrogens is 365 g/mol. The lowest BCUT2D eigenvalue weighted by atomic mass is 9.88. The summed E-state index contributed by atoms with van der Waals surface area (Å²) in [7, 11) is 0. The predicted octanol–water partition coefficient (Wildman–Crippen LogP) is 5.03. The summed E-state index contributed by atoms with van der Waals surface area (Å²) in [5.74, 6) is -1.95. The number of nitrogens with one attached hydrogen (secondary N) is 1. The summed E-state index contributed by atoms with van der Waals surface area (Å²) < 4.78 is 13.7. The van der Waals surface area contributed by atoms with Crippen molar-refractivity contribution in [1.29, 1.82) is 0 Å². The second-order valence-corrected chi connectivity index (χ2v) is 7.63. The van der Waals surface area contributed by atoms with Crippen LogP contribution in [0, 0.1) is 12.7 Å². The Morgan fingerprint density at radius 1 is 1.22 bits per heavy atom. The van der Waals surface area contributed by atoms with Crippen molar-refractivity contribution in [2.75, 3.05) is 5.32 Å². The fourth-order valence-electron chi connectivity index (χ4n) is 3.42. The van der Waals surface area contributed by atoms with E-state index in [4.69, 9.17) is 0 Å². The number of carboxylic acids is 1. The maximum absolute atomic E-state index is 13.7. The number of fused-ring (bicyclic) bond motifs is 1. The first-order valence-corrected chi connectivity index (χ1v) is 9.28. The summed E-state index contributed by atoms with van der Waals surface area (Å²) in [6.45, 7) is 1.98. The molecule has 0 radical (unpaired) electrons. The Hall–Kier alpha value is -2.99. The average molecular weight is 381 g/mol. The molecule has 0 aliphatic carbocycles. The fraction of sp³-hybridized carbons (Fsp3) is 0.143. The number of hydrogen-bond donors (Lipinski definition) is 2. The van der Waals surface area contributed by atoms with Crippen molar-refractivity contribution in [1.82, 2.24) is 0 Å². The van der Waals surface area contributed by atoms with Crippen LogP contribution >= 0.6 is 11.3 Å². The van der Waals surface area contributed by atoms with E-state index >= 15 is 0 Å². The van der Waals surface area contributed by atoms with Crippen LogP contribution in [0.4, 0.5) is 10.1 Å². The molecule has 0 bridgehead atoms. The second-order valence-electron chi connectivity index (χ2n) is 6.58. The number of carbonyl (C=O) groups excluding carboxylic acids is 1. The molecule has 1 atom stereocenters. The van der Waals surface area contributed by atoms with Gasteiger partial charge >= 0.3 is 5.97 Å². The molecule has 1 unspecified atom stereocenters. The van der Waals surface area contributed by atoms with Crippen molar-refractivity contribution in [2.24, 2.45) is 0 Å². The summed E-state index contributed by atoms with van der Waals surface area (Å²) in [4.78, 5) is 25.1. The lowest BCUT2D eigenvalue weighted by Crippen LogP contribution is -2.22. The number of carboxylic acid groups (broad SMARTS) is 1. The lowest BCUT2D eigenvalue weighted by Gasteiger charge is -2.24. The SMILES string of the molecule is Cc1ccc(C2CC(=O)Nc3c2sc(C(=O)O)c3-c2cccc(F)c2)cc1. The van der Waals surface area contributed by atoms with E-state index in [0.29, 0.717) is 16.8 Å². The monoisotopic (exact) mass is 381 g/mol. The Morgan fingerprint density at radius 2 is 1.96 bits per heavy atom. The molecule has 2 N–H and O–H groups in total. The Balaban J connectivity index is 1.94. The Bertz CT molecular complexity index is 1060. The van der Waals surface area contributed by atoms with E-state index in [1.807, 2.05) is 31.2 Å². The van der Waals surface area contributed by atoms with Crippen molar-refractivity contribution >= 4 is 28.9 Å². The number of rotatable bonds is 3. The largest absolute Gasteiger partial charge is 0.477 e. The topological polar surface area (TPSA) is 66.4 Å². The number of anilines is 1. The van der Waals surface area contributed by atoms with Gasteiger partial charge in [0.2, 0.25) is 5.91 Å². The molecule has 3 aromatic rings. The van der Waals surface area contributed by atoms with Gasteiger partial charge in [-0.05, 0) is 30.2 Å². The number of halogens is 1. The van der Waals surface area contributed by atoms with Crippen LogP contribution < -0.4 is 5.32 Å². The van der Waals surface area contributed by atoms with Gasteiger partial charge in [0, 0.05) is 22.8 Å². The molecule has 0 fully saturated rings. The average Bonchev–Trinajstić information content (AvgIpc) is 3.01. The van der Waals surface area contributed by atoms with E-state index < -0.39 is 11.8 Å². The minimum Gasteiger partial charge on any atom is -0.477 e. The first-order chi connectivity index (χ1) is 12.9. The van der Waals surface area contributed by atoms with Gasteiger partial charge in [-0.2, -0.15) is 0 Å². The zero-order chi connectivity index (χ0) is 19.1.